The summed E-state index contributed by atoms with van der Waals surface area (Å²) in [5, 5.41) is 10.9. The van der Waals surface area contributed by atoms with E-state index >= 15 is 0 Å². The van der Waals surface area contributed by atoms with E-state index in [1.165, 1.54) is 41.3 Å². The zero-order valence-corrected chi connectivity index (χ0v) is 16.9. The molecule has 1 unspecified atom stereocenters. The molecule has 1 aliphatic heterocycles. The quantitative estimate of drug-likeness (QED) is 0.287. The van der Waals surface area contributed by atoms with Crippen molar-refractivity contribution in [2.45, 2.75) is 25.8 Å². The Labute approximate surface area is 178 Å². The lowest BCUT2D eigenvalue weighted by Gasteiger charge is -2.34. The van der Waals surface area contributed by atoms with Crippen LogP contribution in [0.3, 0.4) is 0 Å². The lowest BCUT2D eigenvalue weighted by atomic mass is 9.83. The molecule has 0 aliphatic carbocycles. The molecule has 1 heterocycles. The molecule has 0 saturated heterocycles. The van der Waals surface area contributed by atoms with Gasteiger partial charge in [0, 0.05) is 30.2 Å². The number of esters is 1. The molecule has 0 radical (unpaired) electrons. The van der Waals surface area contributed by atoms with Crippen molar-refractivity contribution in [2.24, 2.45) is 0 Å². The first-order valence-corrected chi connectivity index (χ1v) is 9.59. The Kier molecular flexibility index (Phi) is 6.59. The van der Waals surface area contributed by atoms with Crippen LogP contribution in [-0.4, -0.2) is 28.3 Å². The van der Waals surface area contributed by atoms with Gasteiger partial charge in [-0.25, -0.2) is 9.18 Å². The van der Waals surface area contributed by atoms with Crippen molar-refractivity contribution >= 4 is 17.6 Å². The summed E-state index contributed by atoms with van der Waals surface area (Å²) in [4.78, 5) is 37.6. The molecule has 3 rings (SSSR count). The van der Waals surface area contributed by atoms with Gasteiger partial charge in [-0.1, -0.05) is 36.9 Å². The number of carbonyl (C=O) groups excluding carboxylic acids is 2. The molecule has 0 bridgehead atoms. The maximum absolute atomic E-state index is 13.8. The maximum atomic E-state index is 13.8. The second-order valence-electron chi connectivity index (χ2n) is 7.10. The van der Waals surface area contributed by atoms with E-state index in [9.17, 15) is 24.1 Å². The van der Waals surface area contributed by atoms with Crippen molar-refractivity contribution in [3.8, 4) is 0 Å². The molecule has 31 heavy (non-hydrogen) atoms. The SMILES string of the molecule is C=CCOC(=O)C1=C(C)N(Cc2ccc([N+](=O)[O-])cc2)C(=O)CC1c1cccc(F)c1. The fourth-order valence-corrected chi connectivity index (χ4v) is 3.59. The van der Waals surface area contributed by atoms with E-state index in [2.05, 4.69) is 6.58 Å². The van der Waals surface area contributed by atoms with Crippen LogP contribution in [0.5, 0.6) is 0 Å². The monoisotopic (exact) mass is 424 g/mol. The largest absolute Gasteiger partial charge is 0.458 e. The third-order valence-corrected chi connectivity index (χ3v) is 5.11. The number of carbonyl (C=O) groups is 2. The van der Waals surface area contributed by atoms with E-state index < -0.39 is 22.6 Å². The zero-order valence-electron chi connectivity index (χ0n) is 16.9. The third-order valence-electron chi connectivity index (χ3n) is 5.11. The van der Waals surface area contributed by atoms with Gasteiger partial charge >= 0.3 is 5.97 Å². The highest BCUT2D eigenvalue weighted by Gasteiger charge is 2.37. The van der Waals surface area contributed by atoms with Crippen LogP contribution in [0.15, 0.2) is 72.5 Å². The van der Waals surface area contributed by atoms with Crippen LogP contribution in [0.1, 0.15) is 30.4 Å². The van der Waals surface area contributed by atoms with Crippen molar-refractivity contribution in [1.29, 1.82) is 0 Å². The van der Waals surface area contributed by atoms with Gasteiger partial charge in [0.15, 0.2) is 0 Å². The van der Waals surface area contributed by atoms with E-state index in [0.29, 0.717) is 16.8 Å². The van der Waals surface area contributed by atoms with Gasteiger partial charge in [0.1, 0.15) is 12.4 Å². The van der Waals surface area contributed by atoms with Crippen LogP contribution in [0, 0.1) is 15.9 Å². The molecule has 1 aliphatic rings. The van der Waals surface area contributed by atoms with Gasteiger partial charge in [0.05, 0.1) is 17.0 Å². The van der Waals surface area contributed by atoms with Crippen molar-refractivity contribution in [1.82, 2.24) is 4.90 Å². The van der Waals surface area contributed by atoms with Gasteiger partial charge < -0.3 is 9.64 Å². The minimum absolute atomic E-state index is 0.00177. The van der Waals surface area contributed by atoms with Gasteiger partial charge in [-0.15, -0.1) is 0 Å². The van der Waals surface area contributed by atoms with Gasteiger partial charge in [0.25, 0.3) is 5.69 Å². The van der Waals surface area contributed by atoms with Crippen molar-refractivity contribution in [2.75, 3.05) is 6.61 Å². The van der Waals surface area contributed by atoms with E-state index in [0.717, 1.165) is 0 Å². The molecule has 2 aromatic carbocycles. The Morgan fingerprint density at radius 1 is 1.32 bits per heavy atom. The summed E-state index contributed by atoms with van der Waals surface area (Å²) >= 11 is 0. The number of allylic oxidation sites excluding steroid dienone is 1. The third kappa shape index (κ3) is 4.85. The molecule has 8 heteroatoms. The lowest BCUT2D eigenvalue weighted by molar-refractivity contribution is -0.384. The minimum atomic E-state index is -0.645. The lowest BCUT2D eigenvalue weighted by Crippen LogP contribution is -2.38. The maximum Gasteiger partial charge on any atom is 0.336 e. The van der Waals surface area contributed by atoms with Crippen molar-refractivity contribution in [3.05, 3.63) is 99.5 Å². The highest BCUT2D eigenvalue weighted by atomic mass is 19.1. The van der Waals surface area contributed by atoms with Gasteiger partial charge in [-0.3, -0.25) is 14.9 Å². The topological polar surface area (TPSA) is 89.8 Å². The highest BCUT2D eigenvalue weighted by molar-refractivity contribution is 5.95. The first-order chi connectivity index (χ1) is 14.8. The van der Waals surface area contributed by atoms with E-state index in [-0.39, 0.29) is 36.7 Å². The van der Waals surface area contributed by atoms with Crippen LogP contribution in [0.2, 0.25) is 0 Å². The average Bonchev–Trinajstić information content (AvgIpc) is 2.74. The minimum Gasteiger partial charge on any atom is -0.458 e. The molecule has 0 fully saturated rings. The summed E-state index contributed by atoms with van der Waals surface area (Å²) in [5.41, 5.74) is 1.79. The summed E-state index contributed by atoms with van der Waals surface area (Å²) in [5.74, 6) is -1.96. The number of nitro groups is 1. The first-order valence-electron chi connectivity index (χ1n) is 9.59. The Bertz CT molecular complexity index is 1060. The normalized spacial score (nSPS) is 16.3. The summed E-state index contributed by atoms with van der Waals surface area (Å²) in [6.07, 6.45) is 1.40. The number of rotatable bonds is 7. The van der Waals surface area contributed by atoms with E-state index in [4.69, 9.17) is 4.74 Å². The zero-order chi connectivity index (χ0) is 22.5. The number of hydrogen-bond acceptors (Lipinski definition) is 5. The molecule has 0 aromatic heterocycles. The first kappa shape index (κ1) is 21.9. The fraction of sp³-hybridized carbons (Fsp3) is 0.217. The highest BCUT2D eigenvalue weighted by Crippen LogP contribution is 2.38. The Morgan fingerprint density at radius 2 is 2.03 bits per heavy atom. The van der Waals surface area contributed by atoms with Gasteiger partial charge in [0.2, 0.25) is 5.91 Å². The van der Waals surface area contributed by atoms with Crippen LogP contribution in [0.25, 0.3) is 0 Å². The van der Waals surface area contributed by atoms with Crippen molar-refractivity contribution in [3.63, 3.8) is 0 Å². The summed E-state index contributed by atoms with van der Waals surface area (Å²) in [6.45, 7) is 5.31. The predicted octanol–water partition coefficient (Wildman–Crippen LogP) is 4.25. The molecule has 0 spiro atoms. The average molecular weight is 424 g/mol. The second kappa shape index (κ2) is 9.34. The smallest absolute Gasteiger partial charge is 0.336 e. The standard InChI is InChI=1S/C23H21FN2O5/c1-3-11-31-23(28)22-15(2)25(14-16-7-9-19(10-8-16)26(29)30)21(27)13-20(22)17-5-4-6-18(24)12-17/h3-10,12,20H,1,11,13-14H2,2H3. The summed E-state index contributed by atoms with van der Waals surface area (Å²) in [6, 6.07) is 11.6. The number of amides is 1. The number of hydrogen-bond donors (Lipinski definition) is 0. The Hall–Kier alpha value is -3.81. The molecule has 160 valence electrons. The molecule has 7 nitrogen and oxygen atoms in total. The van der Waals surface area contributed by atoms with Crippen LogP contribution in [0.4, 0.5) is 10.1 Å². The number of non-ortho nitro benzene ring substituents is 1. The second-order valence-corrected chi connectivity index (χ2v) is 7.10. The van der Waals surface area contributed by atoms with Crippen molar-refractivity contribution < 1.29 is 23.6 Å². The molecule has 0 saturated carbocycles. The molecular weight excluding hydrogens is 403 g/mol. The predicted molar refractivity (Wildman–Crippen MR) is 111 cm³/mol. The molecule has 2 aromatic rings. The Balaban J connectivity index is 1.99. The number of ether oxygens (including phenoxy) is 1. The van der Waals surface area contributed by atoms with Crippen LogP contribution >= 0.6 is 0 Å². The van der Waals surface area contributed by atoms with E-state index in [1.807, 2.05) is 0 Å². The number of nitrogens with zero attached hydrogens (tertiary/aromatic N) is 2. The summed E-state index contributed by atoms with van der Waals surface area (Å²) < 4.78 is 19.0. The molecular formula is C23H21FN2O5. The van der Waals surface area contributed by atoms with E-state index in [1.54, 1.807) is 25.1 Å². The van der Waals surface area contributed by atoms with Crippen LogP contribution in [-0.2, 0) is 20.9 Å². The van der Waals surface area contributed by atoms with Gasteiger partial charge in [-0.2, -0.15) is 0 Å². The fourth-order valence-electron chi connectivity index (χ4n) is 3.59. The Morgan fingerprint density at radius 3 is 2.65 bits per heavy atom. The molecule has 0 N–H and O–H groups in total. The molecule has 1 amide bonds. The summed E-state index contributed by atoms with van der Waals surface area (Å²) in [7, 11) is 0. The number of halogens is 1. The van der Waals surface area contributed by atoms with Gasteiger partial charge in [-0.05, 0) is 30.2 Å². The number of nitro benzene ring substituents is 1. The van der Waals surface area contributed by atoms with Crippen LogP contribution < -0.4 is 0 Å². The molecule has 1 atom stereocenters. The number of benzene rings is 2.